The molecule has 4 nitrogen and oxygen atoms in total. The number of carbonyl (C=O) groups excluding carboxylic acids is 1. The van der Waals surface area contributed by atoms with Crippen molar-refractivity contribution in [2.45, 2.75) is 71.6 Å². The Labute approximate surface area is 111 Å². The summed E-state index contributed by atoms with van der Waals surface area (Å²) in [5.74, 6) is 0.389. The van der Waals surface area contributed by atoms with Crippen LogP contribution in [-0.2, 0) is 4.74 Å². The second-order valence-corrected chi connectivity index (χ2v) is 6.26. The van der Waals surface area contributed by atoms with Crippen molar-refractivity contribution in [1.82, 2.24) is 4.90 Å². The average molecular weight is 256 g/mol. The predicted molar refractivity (Wildman–Crippen MR) is 73.4 cm³/mol. The Kier molecular flexibility index (Phi) is 5.02. The normalized spacial score (nSPS) is 29.2. The zero-order valence-electron chi connectivity index (χ0n) is 12.4. The molecule has 1 amide bonds. The molecule has 1 fully saturated rings. The molecule has 1 heterocycles. The lowest BCUT2D eigenvalue weighted by Crippen LogP contribution is -2.55. The second kappa shape index (κ2) is 5.91. The van der Waals surface area contributed by atoms with Gasteiger partial charge in [-0.1, -0.05) is 20.3 Å². The lowest BCUT2D eigenvalue weighted by molar-refractivity contribution is -0.000710. The highest BCUT2D eigenvalue weighted by atomic mass is 16.6. The van der Waals surface area contributed by atoms with E-state index in [1.807, 2.05) is 25.7 Å². The summed E-state index contributed by atoms with van der Waals surface area (Å²) in [5, 5.41) is 0. The summed E-state index contributed by atoms with van der Waals surface area (Å²) in [6, 6.07) is 0.427. The Morgan fingerprint density at radius 3 is 2.39 bits per heavy atom. The summed E-state index contributed by atoms with van der Waals surface area (Å²) in [5.41, 5.74) is 5.73. The van der Waals surface area contributed by atoms with Gasteiger partial charge in [-0.25, -0.2) is 4.79 Å². The molecule has 1 rings (SSSR count). The van der Waals surface area contributed by atoms with E-state index >= 15 is 0 Å². The second-order valence-electron chi connectivity index (χ2n) is 6.26. The number of carbonyl (C=O) groups is 1. The van der Waals surface area contributed by atoms with Crippen LogP contribution in [0.4, 0.5) is 4.79 Å². The van der Waals surface area contributed by atoms with E-state index in [9.17, 15) is 4.79 Å². The highest BCUT2D eigenvalue weighted by Gasteiger charge is 2.36. The van der Waals surface area contributed by atoms with Crippen LogP contribution in [-0.4, -0.2) is 35.2 Å². The zero-order valence-corrected chi connectivity index (χ0v) is 12.4. The van der Waals surface area contributed by atoms with Gasteiger partial charge in [-0.05, 0) is 39.5 Å². The number of piperidine rings is 1. The molecular formula is C14H28N2O2. The van der Waals surface area contributed by atoms with Gasteiger partial charge in [-0.3, -0.25) is 0 Å². The number of nitrogens with two attached hydrogens (primary N) is 1. The van der Waals surface area contributed by atoms with Crippen LogP contribution >= 0.6 is 0 Å². The molecular weight excluding hydrogens is 228 g/mol. The minimum atomic E-state index is -0.434. The number of ether oxygens (including phenoxy) is 1. The SMILES string of the molecule is CCC1CN(C(=O)OC(C)(C)C)C(CC)CC1N. The first-order chi connectivity index (χ1) is 8.28. The third-order valence-corrected chi connectivity index (χ3v) is 3.65. The molecule has 4 heteroatoms. The third kappa shape index (κ3) is 3.87. The molecule has 1 aliphatic heterocycles. The molecule has 0 aliphatic carbocycles. The van der Waals surface area contributed by atoms with Gasteiger partial charge >= 0.3 is 6.09 Å². The molecule has 106 valence electrons. The number of hydrogen-bond donors (Lipinski definition) is 1. The molecule has 0 radical (unpaired) electrons. The van der Waals surface area contributed by atoms with E-state index < -0.39 is 5.60 Å². The van der Waals surface area contributed by atoms with Crippen LogP contribution in [0.15, 0.2) is 0 Å². The Balaban J connectivity index is 2.74. The first-order valence-electron chi connectivity index (χ1n) is 7.03. The van der Waals surface area contributed by atoms with Crippen molar-refractivity contribution >= 4 is 6.09 Å². The Morgan fingerprint density at radius 2 is 1.94 bits per heavy atom. The largest absolute Gasteiger partial charge is 0.444 e. The molecule has 2 N–H and O–H groups in total. The van der Waals surface area contributed by atoms with Crippen LogP contribution in [0.1, 0.15) is 53.9 Å². The molecule has 0 spiro atoms. The molecule has 0 aromatic heterocycles. The maximum absolute atomic E-state index is 12.2. The number of nitrogens with zero attached hydrogens (tertiary/aromatic N) is 1. The van der Waals surface area contributed by atoms with E-state index in [1.54, 1.807) is 0 Å². The van der Waals surface area contributed by atoms with Crippen molar-refractivity contribution in [1.29, 1.82) is 0 Å². The van der Waals surface area contributed by atoms with Gasteiger partial charge in [0.2, 0.25) is 0 Å². The van der Waals surface area contributed by atoms with Crippen LogP contribution in [0.5, 0.6) is 0 Å². The number of rotatable bonds is 2. The quantitative estimate of drug-likeness (QED) is 0.826. The van der Waals surface area contributed by atoms with Gasteiger partial charge in [0.15, 0.2) is 0 Å². The number of amides is 1. The molecule has 3 unspecified atom stereocenters. The van der Waals surface area contributed by atoms with Crippen LogP contribution in [0.3, 0.4) is 0 Å². The van der Waals surface area contributed by atoms with Crippen molar-refractivity contribution in [2.75, 3.05) is 6.54 Å². The summed E-state index contributed by atoms with van der Waals surface area (Å²) in [6.07, 6.45) is 2.63. The van der Waals surface area contributed by atoms with Crippen molar-refractivity contribution < 1.29 is 9.53 Å². The molecule has 0 bridgehead atoms. The summed E-state index contributed by atoms with van der Waals surface area (Å²) in [6.45, 7) is 10.7. The lowest BCUT2D eigenvalue weighted by atomic mass is 9.86. The Morgan fingerprint density at radius 1 is 1.33 bits per heavy atom. The fourth-order valence-electron chi connectivity index (χ4n) is 2.53. The van der Waals surface area contributed by atoms with Crippen molar-refractivity contribution in [3.63, 3.8) is 0 Å². The summed E-state index contributed by atoms with van der Waals surface area (Å²) >= 11 is 0. The van der Waals surface area contributed by atoms with Crippen molar-refractivity contribution in [2.24, 2.45) is 11.7 Å². The predicted octanol–water partition coefficient (Wildman–Crippen LogP) is 2.76. The van der Waals surface area contributed by atoms with Gasteiger partial charge in [-0.2, -0.15) is 0 Å². The maximum atomic E-state index is 12.2. The van der Waals surface area contributed by atoms with Gasteiger partial charge in [0.25, 0.3) is 0 Å². The molecule has 0 saturated carbocycles. The maximum Gasteiger partial charge on any atom is 0.410 e. The fourth-order valence-corrected chi connectivity index (χ4v) is 2.53. The molecule has 18 heavy (non-hydrogen) atoms. The minimum absolute atomic E-state index is 0.195. The number of likely N-dealkylation sites (tertiary alicyclic amines) is 1. The van der Waals surface area contributed by atoms with Gasteiger partial charge in [0.05, 0.1) is 0 Å². The molecule has 3 atom stereocenters. The molecule has 0 aromatic carbocycles. The summed E-state index contributed by atoms with van der Waals surface area (Å²) in [7, 11) is 0. The third-order valence-electron chi connectivity index (χ3n) is 3.65. The molecule has 0 aromatic rings. The van der Waals surface area contributed by atoms with Crippen molar-refractivity contribution in [3.05, 3.63) is 0 Å². The van der Waals surface area contributed by atoms with Gasteiger partial charge in [-0.15, -0.1) is 0 Å². The lowest BCUT2D eigenvalue weighted by Gasteiger charge is -2.42. The van der Waals surface area contributed by atoms with E-state index in [1.165, 1.54) is 0 Å². The van der Waals surface area contributed by atoms with E-state index in [-0.39, 0.29) is 18.2 Å². The summed E-state index contributed by atoms with van der Waals surface area (Å²) < 4.78 is 5.48. The standard InChI is InChI=1S/C14H28N2O2/c1-6-10-9-16(11(7-2)8-12(10)15)13(17)18-14(3,4)5/h10-12H,6-9,15H2,1-5H3. The molecule has 1 saturated heterocycles. The van der Waals surface area contributed by atoms with Gasteiger partial charge in [0.1, 0.15) is 5.60 Å². The fraction of sp³-hybridized carbons (Fsp3) is 0.929. The Bertz CT molecular complexity index is 286. The van der Waals surface area contributed by atoms with Crippen molar-refractivity contribution in [3.8, 4) is 0 Å². The van der Waals surface area contributed by atoms with Crippen LogP contribution in [0, 0.1) is 5.92 Å². The minimum Gasteiger partial charge on any atom is -0.444 e. The van der Waals surface area contributed by atoms with E-state index in [4.69, 9.17) is 10.5 Å². The zero-order chi connectivity index (χ0) is 13.9. The first kappa shape index (κ1) is 15.3. The van der Waals surface area contributed by atoms with E-state index in [2.05, 4.69) is 13.8 Å². The number of hydrogen-bond acceptors (Lipinski definition) is 3. The van der Waals surface area contributed by atoms with E-state index in [0.717, 1.165) is 25.8 Å². The van der Waals surface area contributed by atoms with Gasteiger partial charge in [0, 0.05) is 18.6 Å². The average Bonchev–Trinajstić information content (AvgIpc) is 2.26. The van der Waals surface area contributed by atoms with Crippen LogP contribution < -0.4 is 5.73 Å². The monoisotopic (exact) mass is 256 g/mol. The van der Waals surface area contributed by atoms with Crippen LogP contribution in [0.25, 0.3) is 0 Å². The molecule has 1 aliphatic rings. The topological polar surface area (TPSA) is 55.6 Å². The van der Waals surface area contributed by atoms with Crippen LogP contribution in [0.2, 0.25) is 0 Å². The highest BCUT2D eigenvalue weighted by Crippen LogP contribution is 2.26. The smallest absolute Gasteiger partial charge is 0.410 e. The first-order valence-corrected chi connectivity index (χ1v) is 7.03. The van der Waals surface area contributed by atoms with E-state index in [0.29, 0.717) is 5.92 Å². The highest BCUT2D eigenvalue weighted by molar-refractivity contribution is 5.68. The van der Waals surface area contributed by atoms with Gasteiger partial charge < -0.3 is 15.4 Å². The Hall–Kier alpha value is -0.770. The summed E-state index contributed by atoms with van der Waals surface area (Å²) in [4.78, 5) is 14.1.